The maximum atomic E-state index is 12.4. The van der Waals surface area contributed by atoms with Crippen LogP contribution in [0.3, 0.4) is 0 Å². The average molecular weight is 371 g/mol. The first kappa shape index (κ1) is 18.3. The molecule has 5 nitrogen and oxygen atoms in total. The predicted octanol–water partition coefficient (Wildman–Crippen LogP) is 3.10. The monoisotopic (exact) mass is 371 g/mol. The Morgan fingerprint density at radius 1 is 1.12 bits per heavy atom. The highest BCUT2D eigenvalue weighted by atomic mass is 32.2. The van der Waals surface area contributed by atoms with E-state index in [1.807, 2.05) is 18.2 Å². The molecule has 2 aromatic carbocycles. The van der Waals surface area contributed by atoms with E-state index in [9.17, 15) is 13.8 Å². The molecule has 0 aromatic heterocycles. The van der Waals surface area contributed by atoms with Crippen molar-refractivity contribution in [3.05, 3.63) is 59.2 Å². The number of ether oxygens (including phenoxy) is 1. The number of fused-ring (bicyclic) bond motifs is 1. The van der Waals surface area contributed by atoms with Crippen LogP contribution in [-0.4, -0.2) is 28.4 Å². The van der Waals surface area contributed by atoms with Crippen molar-refractivity contribution in [2.24, 2.45) is 0 Å². The van der Waals surface area contributed by atoms with Crippen molar-refractivity contribution in [1.82, 2.24) is 0 Å². The number of benzene rings is 2. The topological polar surface area (TPSA) is 72.5 Å². The molecule has 0 spiro atoms. The fraction of sp³-hybridized carbons (Fsp3) is 0.300. The molecule has 26 heavy (non-hydrogen) atoms. The van der Waals surface area contributed by atoms with Gasteiger partial charge in [-0.3, -0.25) is 9.00 Å². The number of amides is 1. The number of hydrogen-bond acceptors (Lipinski definition) is 4. The van der Waals surface area contributed by atoms with Gasteiger partial charge in [-0.05, 0) is 61.6 Å². The van der Waals surface area contributed by atoms with Gasteiger partial charge < -0.3 is 10.1 Å². The maximum absolute atomic E-state index is 12.4. The van der Waals surface area contributed by atoms with E-state index in [0.29, 0.717) is 10.6 Å². The van der Waals surface area contributed by atoms with Crippen molar-refractivity contribution in [2.75, 3.05) is 11.6 Å². The van der Waals surface area contributed by atoms with Crippen LogP contribution < -0.4 is 5.32 Å². The molecule has 136 valence electrons. The van der Waals surface area contributed by atoms with Gasteiger partial charge in [0.15, 0.2) is 6.10 Å². The molecule has 2 atom stereocenters. The van der Waals surface area contributed by atoms with Crippen LogP contribution in [0.4, 0.5) is 5.69 Å². The number of rotatable bonds is 5. The van der Waals surface area contributed by atoms with Crippen LogP contribution in [0.2, 0.25) is 0 Å². The molecule has 0 aliphatic heterocycles. The number of nitrogens with one attached hydrogen (secondary N) is 1. The lowest BCUT2D eigenvalue weighted by Crippen LogP contribution is -2.30. The number of hydrogen-bond donors (Lipinski definition) is 1. The van der Waals surface area contributed by atoms with Gasteiger partial charge in [-0.25, -0.2) is 4.79 Å². The maximum Gasteiger partial charge on any atom is 0.340 e. The van der Waals surface area contributed by atoms with E-state index in [1.165, 1.54) is 24.3 Å². The van der Waals surface area contributed by atoms with Crippen LogP contribution in [0, 0.1) is 0 Å². The third kappa shape index (κ3) is 4.02. The van der Waals surface area contributed by atoms with Gasteiger partial charge >= 0.3 is 5.97 Å². The molecule has 1 N–H and O–H groups in total. The van der Waals surface area contributed by atoms with Crippen molar-refractivity contribution in [3.8, 4) is 0 Å². The summed E-state index contributed by atoms with van der Waals surface area (Å²) in [6.07, 6.45) is 3.77. The minimum Gasteiger partial charge on any atom is -0.449 e. The molecule has 1 amide bonds. The molecular weight excluding hydrogens is 350 g/mol. The van der Waals surface area contributed by atoms with Crippen LogP contribution in [0.1, 0.15) is 34.8 Å². The van der Waals surface area contributed by atoms with E-state index in [1.54, 1.807) is 24.3 Å². The Kier molecular flexibility index (Phi) is 5.52. The fourth-order valence-electron chi connectivity index (χ4n) is 3.06. The van der Waals surface area contributed by atoms with Gasteiger partial charge in [0.25, 0.3) is 5.91 Å². The Morgan fingerprint density at radius 3 is 2.62 bits per heavy atom. The quantitative estimate of drug-likeness (QED) is 0.820. The van der Waals surface area contributed by atoms with Crippen molar-refractivity contribution in [3.63, 3.8) is 0 Å². The van der Waals surface area contributed by atoms with Gasteiger partial charge in [0.05, 0.1) is 21.3 Å². The molecular formula is C20H21NO4S. The van der Waals surface area contributed by atoms with E-state index in [2.05, 4.69) is 5.32 Å². The van der Waals surface area contributed by atoms with E-state index in [4.69, 9.17) is 4.74 Å². The second-order valence-electron chi connectivity index (χ2n) is 6.32. The summed E-state index contributed by atoms with van der Waals surface area (Å²) < 4.78 is 17.0. The number of carbonyl (C=O) groups excluding carboxylic acids is 2. The van der Waals surface area contributed by atoms with Crippen molar-refractivity contribution in [1.29, 1.82) is 0 Å². The Balaban J connectivity index is 1.66. The zero-order chi connectivity index (χ0) is 18.7. The number of carbonyl (C=O) groups is 2. The largest absolute Gasteiger partial charge is 0.449 e. The summed E-state index contributed by atoms with van der Waals surface area (Å²) in [5.74, 6) is -1.06. The van der Waals surface area contributed by atoms with Crippen LogP contribution in [0.25, 0.3) is 0 Å². The Bertz CT molecular complexity index is 878. The summed E-state index contributed by atoms with van der Waals surface area (Å²) >= 11 is 0. The van der Waals surface area contributed by atoms with Gasteiger partial charge in [-0.1, -0.05) is 18.2 Å². The van der Waals surface area contributed by atoms with Crippen molar-refractivity contribution < 1.29 is 18.5 Å². The second-order valence-corrected chi connectivity index (χ2v) is 7.67. The first-order chi connectivity index (χ1) is 12.5. The fourth-order valence-corrected chi connectivity index (χ4v) is 3.79. The molecule has 1 aliphatic carbocycles. The molecule has 0 unspecified atom stereocenters. The molecule has 0 radical (unpaired) electrons. The number of aryl methyl sites for hydroxylation is 2. The Hall–Kier alpha value is -2.47. The molecule has 0 heterocycles. The third-order valence-corrected chi connectivity index (χ3v) is 5.41. The summed E-state index contributed by atoms with van der Waals surface area (Å²) in [6.45, 7) is 1.52. The zero-order valence-electron chi connectivity index (χ0n) is 14.8. The van der Waals surface area contributed by atoms with Crippen LogP contribution in [0.15, 0.2) is 47.4 Å². The SMILES string of the molecule is C[C@@H](OC(=O)c1ccccc1[S@](C)=O)C(=O)Nc1ccc2c(c1)CCC2. The lowest BCUT2D eigenvalue weighted by molar-refractivity contribution is -0.123. The van der Waals surface area contributed by atoms with Crippen LogP contribution >= 0.6 is 0 Å². The molecule has 0 saturated carbocycles. The van der Waals surface area contributed by atoms with E-state index in [-0.39, 0.29) is 5.56 Å². The Labute approximate surface area is 155 Å². The predicted molar refractivity (Wildman–Crippen MR) is 101 cm³/mol. The van der Waals surface area contributed by atoms with Gasteiger partial charge in [-0.15, -0.1) is 0 Å². The number of esters is 1. The summed E-state index contributed by atoms with van der Waals surface area (Å²) in [4.78, 5) is 25.1. The minimum atomic E-state index is -1.32. The van der Waals surface area contributed by atoms with Crippen LogP contribution in [-0.2, 0) is 33.2 Å². The van der Waals surface area contributed by atoms with Gasteiger partial charge in [0, 0.05) is 11.9 Å². The lowest BCUT2D eigenvalue weighted by Gasteiger charge is -2.15. The molecule has 0 bridgehead atoms. The molecule has 3 rings (SSSR count). The average Bonchev–Trinajstić information content (AvgIpc) is 3.09. The molecule has 0 fully saturated rings. The smallest absolute Gasteiger partial charge is 0.340 e. The Morgan fingerprint density at radius 2 is 1.85 bits per heavy atom. The highest BCUT2D eigenvalue weighted by Gasteiger charge is 2.22. The summed E-state index contributed by atoms with van der Waals surface area (Å²) in [6, 6.07) is 12.4. The second kappa shape index (κ2) is 7.83. The van der Waals surface area contributed by atoms with Crippen LogP contribution in [0.5, 0.6) is 0 Å². The standard InChI is InChI=1S/C20H21NO4S/c1-13(25-20(23)17-8-3-4-9-18(17)26(2)24)19(22)21-16-11-10-14-6-5-7-15(14)12-16/h3-4,8-13H,5-7H2,1-2H3,(H,21,22)/t13-,26+/m1/s1. The van der Waals surface area contributed by atoms with E-state index in [0.717, 1.165) is 19.3 Å². The zero-order valence-corrected chi connectivity index (χ0v) is 15.6. The van der Waals surface area contributed by atoms with Gasteiger partial charge in [0.1, 0.15) is 0 Å². The summed E-state index contributed by atoms with van der Waals surface area (Å²) in [7, 11) is -1.32. The van der Waals surface area contributed by atoms with Gasteiger partial charge in [-0.2, -0.15) is 0 Å². The van der Waals surface area contributed by atoms with Crippen molar-refractivity contribution in [2.45, 2.75) is 37.2 Å². The first-order valence-corrected chi connectivity index (χ1v) is 10.1. The normalized spacial score (nSPS) is 15.0. The molecule has 6 heteroatoms. The van der Waals surface area contributed by atoms with E-state index >= 15 is 0 Å². The van der Waals surface area contributed by atoms with Crippen molar-refractivity contribution >= 4 is 28.4 Å². The highest BCUT2D eigenvalue weighted by Crippen LogP contribution is 2.25. The lowest BCUT2D eigenvalue weighted by atomic mass is 10.1. The summed E-state index contributed by atoms with van der Waals surface area (Å²) in [5.41, 5.74) is 3.50. The minimum absolute atomic E-state index is 0.213. The van der Waals surface area contributed by atoms with E-state index < -0.39 is 28.8 Å². The summed E-state index contributed by atoms with van der Waals surface area (Å²) in [5, 5.41) is 2.79. The molecule has 2 aromatic rings. The molecule has 0 saturated heterocycles. The highest BCUT2D eigenvalue weighted by molar-refractivity contribution is 7.84. The number of anilines is 1. The van der Waals surface area contributed by atoms with Gasteiger partial charge in [0.2, 0.25) is 0 Å². The first-order valence-electron chi connectivity index (χ1n) is 8.52. The third-order valence-electron chi connectivity index (χ3n) is 4.44. The molecule has 1 aliphatic rings.